The Hall–Kier alpha value is -4.22. The van der Waals surface area contributed by atoms with Crippen molar-refractivity contribution in [2.75, 3.05) is 7.11 Å². The molecule has 3 aromatic rings. The maximum absolute atomic E-state index is 13.8. The summed E-state index contributed by atoms with van der Waals surface area (Å²) in [6.07, 6.45) is -11.3. The van der Waals surface area contributed by atoms with Gasteiger partial charge < -0.3 is 19.3 Å². The molecule has 0 aliphatic rings. The Morgan fingerprint density at radius 1 is 0.657 bits per heavy atom. The number of phenolic OH excluding ortho intramolecular Hbond substituents is 1. The van der Waals surface area contributed by atoms with Crippen molar-refractivity contribution in [1.82, 2.24) is 0 Å². The lowest BCUT2D eigenvalue weighted by atomic mass is 10.0. The van der Waals surface area contributed by atoms with Crippen molar-refractivity contribution in [2.24, 2.45) is 0 Å². The highest BCUT2D eigenvalue weighted by molar-refractivity contribution is 5.92. The van der Waals surface area contributed by atoms with Gasteiger partial charge >= 0.3 is 24.3 Å². The molecule has 0 fully saturated rings. The van der Waals surface area contributed by atoms with Crippen LogP contribution in [0, 0.1) is 0 Å². The van der Waals surface area contributed by atoms with E-state index < -0.39 is 46.9 Å². The Labute approximate surface area is 193 Å². The van der Waals surface area contributed by atoms with E-state index in [-0.39, 0.29) is 16.9 Å². The van der Waals surface area contributed by atoms with Crippen molar-refractivity contribution in [3.05, 3.63) is 82.9 Å². The van der Waals surface area contributed by atoms with E-state index in [9.17, 15) is 41.0 Å². The average molecular weight is 500 g/mol. The topological polar surface area (TPSA) is 82.1 Å². The normalized spacial score (nSPS) is 11.6. The zero-order chi connectivity index (χ0) is 26.0. The standard InChI is InChI=1S/C23H14F6O6/c1-33-15-8-4-13(5-9-15)21(32)35-17-11-10-16(18(22(24,25)26)19(17)23(27,28)29)34-20(31)12-2-6-14(30)7-3-12/h2-11,30H,1H3. The molecule has 3 rings (SSSR count). The number of ether oxygens (including phenoxy) is 3. The SMILES string of the molecule is COc1ccc(C(=O)Oc2ccc(OC(=O)c3ccc(O)cc3)c(C(F)(F)F)c2C(F)(F)F)cc1. The van der Waals surface area contributed by atoms with Crippen molar-refractivity contribution in [2.45, 2.75) is 12.4 Å². The van der Waals surface area contributed by atoms with Crippen molar-refractivity contribution in [3.63, 3.8) is 0 Å². The van der Waals surface area contributed by atoms with Crippen molar-refractivity contribution < 1.29 is 55.2 Å². The largest absolute Gasteiger partial charge is 0.508 e. The third-order valence-electron chi connectivity index (χ3n) is 4.53. The average Bonchev–Trinajstić information content (AvgIpc) is 2.78. The van der Waals surface area contributed by atoms with Gasteiger partial charge in [0.25, 0.3) is 0 Å². The number of hydrogen-bond acceptors (Lipinski definition) is 6. The van der Waals surface area contributed by atoms with E-state index in [0.29, 0.717) is 17.9 Å². The molecule has 184 valence electrons. The van der Waals surface area contributed by atoms with Crippen LogP contribution in [0.15, 0.2) is 60.7 Å². The minimum atomic E-state index is -5.65. The van der Waals surface area contributed by atoms with E-state index in [0.717, 1.165) is 36.4 Å². The predicted molar refractivity (Wildman–Crippen MR) is 107 cm³/mol. The molecule has 0 amide bonds. The van der Waals surface area contributed by atoms with Crippen LogP contribution in [-0.2, 0) is 12.4 Å². The van der Waals surface area contributed by atoms with Gasteiger partial charge in [0.2, 0.25) is 0 Å². The van der Waals surface area contributed by atoms with Gasteiger partial charge in [0.15, 0.2) is 0 Å². The van der Waals surface area contributed by atoms with Gasteiger partial charge in [-0.3, -0.25) is 0 Å². The Morgan fingerprint density at radius 2 is 1.03 bits per heavy atom. The van der Waals surface area contributed by atoms with Crippen LogP contribution in [-0.4, -0.2) is 24.2 Å². The third-order valence-corrected chi connectivity index (χ3v) is 4.53. The summed E-state index contributed by atoms with van der Waals surface area (Å²) in [4.78, 5) is 24.5. The molecule has 6 nitrogen and oxygen atoms in total. The second-order valence-corrected chi connectivity index (χ2v) is 6.86. The number of hydrogen-bond donors (Lipinski definition) is 1. The van der Waals surface area contributed by atoms with E-state index >= 15 is 0 Å². The van der Waals surface area contributed by atoms with Gasteiger partial charge in [-0.15, -0.1) is 0 Å². The van der Waals surface area contributed by atoms with E-state index in [1.807, 2.05) is 0 Å². The molecule has 0 aliphatic heterocycles. The van der Waals surface area contributed by atoms with Gasteiger partial charge in [0.1, 0.15) is 34.1 Å². The maximum Gasteiger partial charge on any atom is 0.420 e. The third kappa shape index (κ3) is 5.83. The monoisotopic (exact) mass is 500 g/mol. The Balaban J connectivity index is 2.06. The predicted octanol–water partition coefficient (Wildman–Crippen LogP) is 5.88. The summed E-state index contributed by atoms with van der Waals surface area (Å²) in [5.41, 5.74) is -5.28. The Kier molecular flexibility index (Phi) is 6.94. The van der Waals surface area contributed by atoms with Crippen molar-refractivity contribution in [3.8, 4) is 23.0 Å². The van der Waals surface area contributed by atoms with Crippen LogP contribution < -0.4 is 14.2 Å². The van der Waals surface area contributed by atoms with Gasteiger partial charge in [-0.05, 0) is 60.7 Å². The van der Waals surface area contributed by atoms with Crippen LogP contribution in [0.2, 0.25) is 0 Å². The van der Waals surface area contributed by atoms with Crippen LogP contribution in [0.1, 0.15) is 31.8 Å². The van der Waals surface area contributed by atoms with Crippen LogP contribution in [0.25, 0.3) is 0 Å². The van der Waals surface area contributed by atoms with E-state index in [2.05, 4.69) is 9.47 Å². The van der Waals surface area contributed by atoms with E-state index in [4.69, 9.17) is 4.74 Å². The number of carbonyl (C=O) groups is 2. The molecule has 12 heteroatoms. The number of rotatable bonds is 5. The van der Waals surface area contributed by atoms with Gasteiger partial charge in [-0.2, -0.15) is 26.3 Å². The molecule has 0 saturated carbocycles. The molecule has 1 N–H and O–H groups in total. The highest BCUT2D eigenvalue weighted by Crippen LogP contribution is 2.49. The Bertz CT molecular complexity index is 1230. The number of esters is 2. The molecule has 0 radical (unpaired) electrons. The summed E-state index contributed by atoms with van der Waals surface area (Å²) in [7, 11) is 1.33. The number of alkyl halides is 6. The first-order chi connectivity index (χ1) is 16.3. The first kappa shape index (κ1) is 25.4. The lowest BCUT2D eigenvalue weighted by Gasteiger charge is -2.21. The minimum absolute atomic E-state index is 0.254. The lowest BCUT2D eigenvalue weighted by molar-refractivity contribution is -0.163. The Morgan fingerprint density at radius 3 is 1.37 bits per heavy atom. The number of phenols is 1. The molecule has 0 unspecified atom stereocenters. The fourth-order valence-electron chi connectivity index (χ4n) is 2.94. The fourth-order valence-corrected chi connectivity index (χ4v) is 2.94. The fraction of sp³-hybridized carbons (Fsp3) is 0.130. The molecular weight excluding hydrogens is 486 g/mol. The zero-order valence-electron chi connectivity index (χ0n) is 17.5. The first-order valence-electron chi connectivity index (χ1n) is 9.50. The number of benzene rings is 3. The summed E-state index contributed by atoms with van der Waals surface area (Å²) >= 11 is 0. The first-order valence-corrected chi connectivity index (χ1v) is 9.50. The van der Waals surface area contributed by atoms with Gasteiger partial charge in [-0.25, -0.2) is 9.59 Å². The molecule has 0 aliphatic carbocycles. The van der Waals surface area contributed by atoms with Gasteiger partial charge in [0.05, 0.1) is 18.2 Å². The summed E-state index contributed by atoms with van der Waals surface area (Å²) in [6.45, 7) is 0. The second kappa shape index (κ2) is 9.57. The molecule has 0 saturated heterocycles. The number of halogens is 6. The lowest BCUT2D eigenvalue weighted by Crippen LogP contribution is -2.22. The summed E-state index contributed by atoms with van der Waals surface area (Å²) < 4.78 is 96.9. The minimum Gasteiger partial charge on any atom is -0.508 e. The highest BCUT2D eigenvalue weighted by Gasteiger charge is 2.49. The molecule has 0 bridgehead atoms. The summed E-state index contributed by atoms with van der Waals surface area (Å²) in [5, 5.41) is 9.24. The van der Waals surface area contributed by atoms with Gasteiger partial charge in [-0.1, -0.05) is 0 Å². The van der Waals surface area contributed by atoms with Crippen LogP contribution in [0.3, 0.4) is 0 Å². The van der Waals surface area contributed by atoms with Crippen molar-refractivity contribution >= 4 is 11.9 Å². The molecule has 3 aromatic carbocycles. The molecule has 0 heterocycles. The van der Waals surface area contributed by atoms with Crippen molar-refractivity contribution in [1.29, 1.82) is 0 Å². The quantitative estimate of drug-likeness (QED) is 0.268. The summed E-state index contributed by atoms with van der Waals surface area (Å²) in [5.74, 6) is -5.61. The zero-order valence-corrected chi connectivity index (χ0v) is 17.5. The summed E-state index contributed by atoms with van der Waals surface area (Å²) in [6, 6.07) is 9.84. The highest BCUT2D eigenvalue weighted by atomic mass is 19.4. The molecular formula is C23H14F6O6. The van der Waals surface area contributed by atoms with Gasteiger partial charge in [0, 0.05) is 0 Å². The molecule has 35 heavy (non-hydrogen) atoms. The van der Waals surface area contributed by atoms with Crippen LogP contribution in [0.4, 0.5) is 26.3 Å². The smallest absolute Gasteiger partial charge is 0.420 e. The molecule has 0 spiro atoms. The molecule has 0 atom stereocenters. The number of methoxy groups -OCH3 is 1. The van der Waals surface area contributed by atoms with E-state index in [1.165, 1.54) is 19.2 Å². The van der Waals surface area contributed by atoms with E-state index in [1.54, 1.807) is 0 Å². The molecule has 0 aromatic heterocycles. The maximum atomic E-state index is 13.8. The number of aromatic hydroxyl groups is 1. The second-order valence-electron chi connectivity index (χ2n) is 6.86. The van der Waals surface area contributed by atoms with Crippen LogP contribution >= 0.6 is 0 Å². The number of carbonyl (C=O) groups excluding carboxylic acids is 2. The van der Waals surface area contributed by atoms with Crippen LogP contribution in [0.5, 0.6) is 23.0 Å².